The maximum absolute atomic E-state index is 12.3. The molecule has 0 aromatic heterocycles. The number of allylic oxidation sites excluding steroid dienone is 10. The first kappa shape index (κ1) is 61.2. The average molecular weight is 922 g/mol. The summed E-state index contributed by atoms with van der Waals surface area (Å²) in [5.41, 5.74) is 0. The third-order valence-corrected chi connectivity index (χ3v) is 11.7. The van der Waals surface area contributed by atoms with Gasteiger partial charge < -0.3 is 25.2 Å². The highest BCUT2D eigenvalue weighted by molar-refractivity contribution is 7.47. The minimum Gasteiger partial charge on any atom is -0.480 e. The number of carbonyl (C=O) groups is 3. The Hall–Kier alpha value is -2.82. The molecule has 0 bridgehead atoms. The average Bonchev–Trinajstić information content (AvgIpc) is 3.27. The summed E-state index contributed by atoms with van der Waals surface area (Å²) in [6, 6.07) is -1.55. The van der Waals surface area contributed by atoms with Gasteiger partial charge in [-0.25, -0.2) is 9.36 Å². The predicted molar refractivity (Wildman–Crippen MR) is 263 cm³/mol. The first-order valence-electron chi connectivity index (χ1n) is 25.3. The number of ether oxygens (including phenoxy) is 1. The molecule has 4 N–H and O–H groups in total. The number of hydrogen-bond acceptors (Lipinski definition) is 8. The second kappa shape index (κ2) is 46.7. The summed E-state index contributed by atoms with van der Waals surface area (Å²) in [7, 11) is -4.77. The first-order chi connectivity index (χ1) is 31.1. The van der Waals surface area contributed by atoms with Crippen LogP contribution in [0.1, 0.15) is 219 Å². The van der Waals surface area contributed by atoms with E-state index in [1.807, 2.05) is 0 Å². The van der Waals surface area contributed by atoms with Crippen LogP contribution in [-0.2, 0) is 32.7 Å². The number of amides is 1. The van der Waals surface area contributed by atoms with E-state index in [-0.39, 0.29) is 12.8 Å². The molecule has 0 aromatic rings. The number of unbranched alkanes of at least 4 members (excludes halogenated alkanes) is 23. The van der Waals surface area contributed by atoms with Gasteiger partial charge in [0.25, 0.3) is 0 Å². The van der Waals surface area contributed by atoms with Gasteiger partial charge >= 0.3 is 19.8 Å². The van der Waals surface area contributed by atoms with Crippen LogP contribution in [0.4, 0.5) is 0 Å². The third kappa shape index (κ3) is 45.7. The zero-order valence-corrected chi connectivity index (χ0v) is 41.2. The van der Waals surface area contributed by atoms with Gasteiger partial charge in [0.15, 0.2) is 6.04 Å². The van der Waals surface area contributed by atoms with Crippen LogP contribution in [-0.4, -0.2) is 64.9 Å². The van der Waals surface area contributed by atoms with Gasteiger partial charge in [-0.1, -0.05) is 184 Å². The SMILES string of the molecule is CCCCC/C=C\C/C=C\C/C=C\CCCCCCCCCCCCC(=O)OCC(O)COP(=O)(O)OCC(NC(=O)CCCCCCCCC/C=C\C/C=C\CCCCC)C(=O)O. The van der Waals surface area contributed by atoms with Crippen LogP contribution in [0.5, 0.6) is 0 Å². The molecule has 0 spiro atoms. The molecule has 0 aliphatic rings. The highest BCUT2D eigenvalue weighted by Crippen LogP contribution is 2.43. The quantitative estimate of drug-likeness (QED) is 0.0199. The fourth-order valence-electron chi connectivity index (χ4n) is 6.82. The molecule has 0 rings (SSSR count). The minimum atomic E-state index is -4.77. The number of nitrogens with one attached hydrogen (secondary N) is 1. The summed E-state index contributed by atoms with van der Waals surface area (Å²) < 4.78 is 26.9. The number of rotatable bonds is 47. The Morgan fingerprint density at radius 3 is 1.28 bits per heavy atom. The number of aliphatic hydroxyl groups is 1. The van der Waals surface area contributed by atoms with E-state index in [0.29, 0.717) is 12.8 Å². The number of carboxylic acids is 1. The van der Waals surface area contributed by atoms with Crippen molar-refractivity contribution in [3.63, 3.8) is 0 Å². The highest BCUT2D eigenvalue weighted by atomic mass is 31.2. The normalized spacial score (nSPS) is 14.1. The number of phosphoric ester groups is 1. The van der Waals surface area contributed by atoms with Gasteiger partial charge in [0.2, 0.25) is 5.91 Å². The lowest BCUT2D eigenvalue weighted by molar-refractivity contribution is -0.147. The molecule has 0 saturated carbocycles. The van der Waals surface area contributed by atoms with Crippen molar-refractivity contribution < 1.29 is 47.8 Å². The van der Waals surface area contributed by atoms with E-state index >= 15 is 0 Å². The fourth-order valence-corrected chi connectivity index (χ4v) is 7.60. The Morgan fingerprint density at radius 2 is 0.859 bits per heavy atom. The second-order valence-corrected chi connectivity index (χ2v) is 18.5. The van der Waals surface area contributed by atoms with Crippen molar-refractivity contribution in [2.24, 2.45) is 0 Å². The van der Waals surface area contributed by atoms with Crippen LogP contribution < -0.4 is 5.32 Å². The molecular formula is C52H92NO10P. The first-order valence-corrected chi connectivity index (χ1v) is 26.8. The monoisotopic (exact) mass is 922 g/mol. The Kier molecular flexibility index (Phi) is 44.6. The molecule has 0 saturated heterocycles. The molecule has 3 atom stereocenters. The summed E-state index contributed by atoms with van der Waals surface area (Å²) in [5.74, 6) is -2.39. The Bertz CT molecular complexity index is 1310. The lowest BCUT2D eigenvalue weighted by Gasteiger charge is -2.18. The molecule has 64 heavy (non-hydrogen) atoms. The summed E-state index contributed by atoms with van der Waals surface area (Å²) in [6.07, 6.45) is 55.2. The lowest BCUT2D eigenvalue weighted by Crippen LogP contribution is -2.43. The van der Waals surface area contributed by atoms with E-state index in [2.05, 4.69) is 79.9 Å². The number of esters is 1. The van der Waals surface area contributed by atoms with Crippen molar-refractivity contribution in [1.82, 2.24) is 5.32 Å². The van der Waals surface area contributed by atoms with Crippen molar-refractivity contribution in [3.8, 4) is 0 Å². The van der Waals surface area contributed by atoms with E-state index in [0.717, 1.165) is 83.5 Å². The number of aliphatic hydroxyl groups excluding tert-OH is 1. The molecule has 0 aliphatic heterocycles. The van der Waals surface area contributed by atoms with Crippen molar-refractivity contribution in [1.29, 1.82) is 0 Å². The summed E-state index contributed by atoms with van der Waals surface area (Å²) in [6.45, 7) is 2.55. The van der Waals surface area contributed by atoms with Gasteiger partial charge in [-0.05, 0) is 83.5 Å². The molecule has 0 radical (unpaired) electrons. The smallest absolute Gasteiger partial charge is 0.472 e. The molecule has 0 aliphatic carbocycles. The Labute approximate surface area is 389 Å². The van der Waals surface area contributed by atoms with Gasteiger partial charge in [0.1, 0.15) is 12.7 Å². The molecule has 1 amide bonds. The summed E-state index contributed by atoms with van der Waals surface area (Å²) in [5, 5.41) is 21.9. The van der Waals surface area contributed by atoms with Crippen molar-refractivity contribution in [2.45, 2.75) is 231 Å². The van der Waals surface area contributed by atoms with Crippen molar-refractivity contribution in [3.05, 3.63) is 60.8 Å². The van der Waals surface area contributed by atoms with Crippen molar-refractivity contribution >= 4 is 25.7 Å². The molecule has 12 heteroatoms. The van der Waals surface area contributed by atoms with E-state index in [9.17, 15) is 34.1 Å². The molecule has 0 aromatic carbocycles. The van der Waals surface area contributed by atoms with Crippen LogP contribution in [0.2, 0.25) is 0 Å². The summed E-state index contributed by atoms with van der Waals surface area (Å²) in [4.78, 5) is 46.1. The van der Waals surface area contributed by atoms with Crippen LogP contribution in [0.25, 0.3) is 0 Å². The lowest BCUT2D eigenvalue weighted by atomic mass is 10.1. The van der Waals surface area contributed by atoms with Crippen molar-refractivity contribution in [2.75, 3.05) is 19.8 Å². The van der Waals surface area contributed by atoms with Gasteiger partial charge in [-0.2, -0.15) is 0 Å². The minimum absolute atomic E-state index is 0.135. The highest BCUT2D eigenvalue weighted by Gasteiger charge is 2.28. The zero-order valence-electron chi connectivity index (χ0n) is 40.3. The Balaban J connectivity index is 3.84. The van der Waals surface area contributed by atoms with Gasteiger partial charge in [-0.3, -0.25) is 18.6 Å². The maximum atomic E-state index is 12.3. The maximum Gasteiger partial charge on any atom is 0.472 e. The molecule has 0 fully saturated rings. The van der Waals surface area contributed by atoms with Gasteiger partial charge in [0.05, 0.1) is 13.2 Å². The fraction of sp³-hybridized carbons (Fsp3) is 0.750. The largest absolute Gasteiger partial charge is 0.480 e. The topological polar surface area (TPSA) is 169 Å². The predicted octanol–water partition coefficient (Wildman–Crippen LogP) is 13.9. The third-order valence-electron chi connectivity index (χ3n) is 10.8. The van der Waals surface area contributed by atoms with Gasteiger partial charge in [-0.15, -0.1) is 0 Å². The number of hydrogen-bond donors (Lipinski definition) is 4. The standard InChI is InChI=1S/C52H92NO10P/c1-3-5-7-9-11-13-15-17-19-21-22-23-24-25-26-28-30-32-34-36-38-40-42-44-51(56)61-45-48(54)46-62-64(59,60)63-47-49(52(57)58)53-50(55)43-41-39-37-35-33-31-29-27-20-18-16-14-12-10-8-6-4-2/h11-14,17-20,22-23,48-49,54H,3-10,15-16,21,24-47H2,1-2H3,(H,53,55)(H,57,58)(H,59,60)/b13-11-,14-12-,19-17-,20-18-,23-22-. The number of carbonyl (C=O) groups excluding carboxylic acids is 2. The van der Waals surface area contributed by atoms with Crippen LogP contribution >= 0.6 is 7.82 Å². The molecule has 11 nitrogen and oxygen atoms in total. The van der Waals surface area contributed by atoms with E-state index in [1.54, 1.807) is 0 Å². The molecule has 3 unspecified atom stereocenters. The summed E-state index contributed by atoms with van der Waals surface area (Å²) >= 11 is 0. The van der Waals surface area contributed by atoms with E-state index < -0.39 is 57.6 Å². The molecular weight excluding hydrogens is 830 g/mol. The number of phosphoric acid groups is 1. The molecule has 0 heterocycles. The number of carboxylic acid groups (broad SMARTS) is 1. The second-order valence-electron chi connectivity index (χ2n) is 17.0. The van der Waals surface area contributed by atoms with E-state index in [1.165, 1.54) is 96.3 Å². The Morgan fingerprint density at radius 1 is 0.500 bits per heavy atom. The van der Waals surface area contributed by atoms with Gasteiger partial charge in [0, 0.05) is 12.8 Å². The zero-order chi connectivity index (χ0) is 47.0. The number of aliphatic carboxylic acids is 1. The molecule has 370 valence electrons. The van der Waals surface area contributed by atoms with Crippen LogP contribution in [0.3, 0.4) is 0 Å². The van der Waals surface area contributed by atoms with Crippen LogP contribution in [0.15, 0.2) is 60.8 Å². The van der Waals surface area contributed by atoms with Crippen LogP contribution in [0, 0.1) is 0 Å². The van der Waals surface area contributed by atoms with E-state index in [4.69, 9.17) is 13.8 Å².